The number of aromatic nitrogens is 1. The number of aliphatic imine (C=N–C) groups is 1. The number of halogens is 2. The highest BCUT2D eigenvalue weighted by Crippen LogP contribution is 2.28. The summed E-state index contributed by atoms with van der Waals surface area (Å²) in [5.74, 6) is 9.35. The lowest BCUT2D eigenvalue weighted by Gasteiger charge is -2.36. The first kappa shape index (κ1) is 34.9. The lowest BCUT2D eigenvalue weighted by molar-refractivity contribution is -0.0555. The second-order valence-corrected chi connectivity index (χ2v) is 11.8. The second kappa shape index (κ2) is 15.9. The molecule has 1 aromatic heterocycles. The molecule has 0 spiro atoms. The third kappa shape index (κ3) is 10.5. The van der Waals surface area contributed by atoms with Crippen molar-refractivity contribution in [3.8, 4) is 23.7 Å². The van der Waals surface area contributed by atoms with Crippen LogP contribution in [0.2, 0.25) is 0 Å². The van der Waals surface area contributed by atoms with Crippen molar-refractivity contribution in [2.24, 2.45) is 29.4 Å². The van der Waals surface area contributed by atoms with E-state index in [-0.39, 0.29) is 35.7 Å². The van der Waals surface area contributed by atoms with E-state index in [1.54, 1.807) is 30.3 Å². The van der Waals surface area contributed by atoms with Gasteiger partial charge in [-0.15, -0.1) is 0 Å². The SMILES string of the molecule is C[C@H](C(N)=CN=C(N)CCC#CC#CCC(c1cc(F)ccc1F)c1cccn(C)c1=O)[C@H]1CN(C(=O)OC(C)(C)C)CCO1. The molecule has 3 atom stereocenters. The van der Waals surface area contributed by atoms with E-state index < -0.39 is 23.2 Å². The van der Waals surface area contributed by atoms with Crippen molar-refractivity contribution < 1.29 is 23.0 Å². The van der Waals surface area contributed by atoms with Crippen molar-refractivity contribution in [1.29, 1.82) is 0 Å². The van der Waals surface area contributed by atoms with Crippen LogP contribution in [-0.4, -0.2) is 52.8 Å². The molecule has 1 aromatic carbocycles. The van der Waals surface area contributed by atoms with Crippen molar-refractivity contribution in [1.82, 2.24) is 9.47 Å². The number of hydrogen-bond acceptors (Lipinski definition) is 6. The van der Waals surface area contributed by atoms with Gasteiger partial charge in [-0.05, 0) is 62.4 Å². The van der Waals surface area contributed by atoms with E-state index in [4.69, 9.17) is 20.9 Å². The zero-order valence-electron chi connectivity index (χ0n) is 26.4. The van der Waals surface area contributed by atoms with Crippen LogP contribution in [0.3, 0.4) is 0 Å². The maximum Gasteiger partial charge on any atom is 0.410 e. The highest BCUT2D eigenvalue weighted by molar-refractivity contribution is 5.81. The molecule has 4 N–H and O–H groups in total. The number of hydrogen-bond donors (Lipinski definition) is 2. The number of carbonyl (C=O) groups excluding carboxylic acids is 1. The zero-order chi connectivity index (χ0) is 33.1. The Hall–Kier alpha value is -4.61. The Labute approximate surface area is 263 Å². The van der Waals surface area contributed by atoms with Gasteiger partial charge in [-0.2, -0.15) is 0 Å². The zero-order valence-corrected chi connectivity index (χ0v) is 26.4. The first-order valence-electron chi connectivity index (χ1n) is 14.7. The summed E-state index contributed by atoms with van der Waals surface area (Å²) in [6.45, 7) is 8.52. The summed E-state index contributed by atoms with van der Waals surface area (Å²) in [5, 5.41) is 0. The van der Waals surface area contributed by atoms with Crippen molar-refractivity contribution in [3.63, 3.8) is 0 Å². The number of amidine groups is 1. The van der Waals surface area contributed by atoms with Gasteiger partial charge in [-0.25, -0.2) is 18.6 Å². The molecule has 1 fully saturated rings. The van der Waals surface area contributed by atoms with Crippen LogP contribution in [0.15, 0.2) is 58.2 Å². The second-order valence-electron chi connectivity index (χ2n) is 11.8. The average Bonchev–Trinajstić information content (AvgIpc) is 2.99. The molecule has 0 aliphatic carbocycles. The maximum atomic E-state index is 14.6. The third-order valence-corrected chi connectivity index (χ3v) is 7.12. The van der Waals surface area contributed by atoms with Crippen LogP contribution in [-0.2, 0) is 16.5 Å². The Kier molecular flexibility index (Phi) is 12.3. The van der Waals surface area contributed by atoms with Gasteiger partial charge in [0.1, 0.15) is 17.2 Å². The molecule has 1 aliphatic heterocycles. The topological polar surface area (TPSA) is 125 Å². The molecule has 240 valence electrons. The summed E-state index contributed by atoms with van der Waals surface area (Å²) >= 11 is 0. The number of benzene rings is 1. The highest BCUT2D eigenvalue weighted by atomic mass is 19.1. The molecule has 2 aromatic rings. The molecule has 0 bridgehead atoms. The van der Waals surface area contributed by atoms with Crippen molar-refractivity contribution in [2.45, 2.75) is 64.6 Å². The van der Waals surface area contributed by atoms with Crippen LogP contribution in [0.1, 0.15) is 64.0 Å². The molecule has 0 saturated carbocycles. The average molecular weight is 622 g/mol. The number of aryl methyl sites for hydroxylation is 1. The summed E-state index contributed by atoms with van der Waals surface area (Å²) in [4.78, 5) is 31.0. The van der Waals surface area contributed by atoms with Crippen LogP contribution in [0.25, 0.3) is 0 Å². The Morgan fingerprint density at radius 1 is 1.20 bits per heavy atom. The molecule has 11 heteroatoms. The van der Waals surface area contributed by atoms with Gasteiger partial charge in [-0.1, -0.05) is 24.8 Å². The van der Waals surface area contributed by atoms with Crippen LogP contribution in [0.4, 0.5) is 13.6 Å². The van der Waals surface area contributed by atoms with Gasteiger partial charge in [0.05, 0.1) is 25.1 Å². The van der Waals surface area contributed by atoms with Crippen LogP contribution < -0.4 is 17.0 Å². The largest absolute Gasteiger partial charge is 0.444 e. The quantitative estimate of drug-likeness (QED) is 0.256. The number of amides is 1. The first-order chi connectivity index (χ1) is 21.3. The molecule has 0 radical (unpaired) electrons. The lowest BCUT2D eigenvalue weighted by atomic mass is 9.89. The fourth-order valence-corrected chi connectivity index (χ4v) is 4.57. The predicted molar refractivity (Wildman–Crippen MR) is 170 cm³/mol. The molecule has 9 nitrogen and oxygen atoms in total. The molecular formula is C34H41F2N5O4. The molecule has 2 heterocycles. The highest BCUT2D eigenvalue weighted by Gasteiger charge is 2.31. The number of carbonyl (C=O) groups is 1. The summed E-state index contributed by atoms with van der Waals surface area (Å²) in [6.07, 6.45) is 3.20. The summed E-state index contributed by atoms with van der Waals surface area (Å²) < 4.78 is 41.3. The van der Waals surface area contributed by atoms with Crippen LogP contribution >= 0.6 is 0 Å². The smallest absolute Gasteiger partial charge is 0.410 e. The molecule has 45 heavy (non-hydrogen) atoms. The van der Waals surface area contributed by atoms with Gasteiger partial charge in [0.15, 0.2) is 0 Å². The molecule has 1 amide bonds. The minimum Gasteiger partial charge on any atom is -0.444 e. The van der Waals surface area contributed by atoms with Crippen LogP contribution in [0.5, 0.6) is 0 Å². The molecule has 1 unspecified atom stereocenters. The van der Waals surface area contributed by atoms with Gasteiger partial charge in [0, 0.05) is 68.3 Å². The van der Waals surface area contributed by atoms with E-state index >= 15 is 0 Å². The predicted octanol–water partition coefficient (Wildman–Crippen LogP) is 4.40. The minimum absolute atomic E-state index is 0.0570. The fourth-order valence-electron chi connectivity index (χ4n) is 4.57. The van der Waals surface area contributed by atoms with E-state index in [9.17, 15) is 18.4 Å². The van der Waals surface area contributed by atoms with Crippen molar-refractivity contribution in [2.75, 3.05) is 19.7 Å². The Morgan fingerprint density at radius 2 is 1.93 bits per heavy atom. The molecular weight excluding hydrogens is 580 g/mol. The number of nitrogens with two attached hydrogens (primary N) is 2. The normalized spacial score (nSPS) is 17.0. The Balaban J connectivity index is 1.57. The lowest BCUT2D eigenvalue weighted by Crippen LogP contribution is -2.49. The first-order valence-corrected chi connectivity index (χ1v) is 14.7. The number of morpholine rings is 1. The van der Waals surface area contributed by atoms with Gasteiger partial charge in [0.2, 0.25) is 0 Å². The fraction of sp³-hybridized carbons (Fsp3) is 0.441. The van der Waals surface area contributed by atoms with E-state index in [1.165, 1.54) is 10.8 Å². The monoisotopic (exact) mass is 621 g/mol. The van der Waals surface area contributed by atoms with Gasteiger partial charge < -0.3 is 30.4 Å². The van der Waals surface area contributed by atoms with Crippen LogP contribution in [0, 0.1) is 41.2 Å². The van der Waals surface area contributed by atoms with Crippen molar-refractivity contribution >= 4 is 11.9 Å². The van der Waals surface area contributed by atoms with E-state index in [0.717, 1.165) is 18.2 Å². The maximum absolute atomic E-state index is 14.6. The molecule has 1 aliphatic rings. The van der Waals surface area contributed by atoms with E-state index in [0.29, 0.717) is 49.6 Å². The van der Waals surface area contributed by atoms with Gasteiger partial charge in [-0.3, -0.25) is 4.79 Å². The Morgan fingerprint density at radius 3 is 2.67 bits per heavy atom. The molecule has 3 rings (SSSR count). The number of pyridine rings is 1. The summed E-state index contributed by atoms with van der Waals surface area (Å²) in [6, 6.07) is 6.42. The summed E-state index contributed by atoms with van der Waals surface area (Å²) in [7, 11) is 1.59. The van der Waals surface area contributed by atoms with Gasteiger partial charge in [0.25, 0.3) is 5.56 Å². The third-order valence-electron chi connectivity index (χ3n) is 7.12. The van der Waals surface area contributed by atoms with E-state index in [2.05, 4.69) is 28.7 Å². The molecule has 1 saturated heterocycles. The van der Waals surface area contributed by atoms with E-state index in [1.807, 2.05) is 27.7 Å². The van der Waals surface area contributed by atoms with Crippen molar-refractivity contribution in [3.05, 3.63) is 81.5 Å². The summed E-state index contributed by atoms with van der Waals surface area (Å²) in [5.41, 5.74) is 12.2. The minimum atomic E-state index is -0.767. The number of rotatable bonds is 8. The standard InChI is InChI=1S/C34H41F2N5O4/c1-23(30-22-41(18-19-44-30)33(43)45-34(2,3)4)29(37)21-39-31(38)14-10-8-6-7-9-12-25(26-13-11-17-40(5)32(26)42)27-20-24(35)15-16-28(27)36/h11,13,15-17,20-21,23,25,30H,10,12,14,18-19,22,37H2,1-5H3,(H2,38,39)/t23-,25?,30-/m1/s1. The van der Waals surface area contributed by atoms with Gasteiger partial charge >= 0.3 is 6.09 Å². The Bertz CT molecular complexity index is 1600. The number of nitrogens with zero attached hydrogens (tertiary/aromatic N) is 3. The number of ether oxygens (including phenoxy) is 2.